The molecule has 9 nitrogen and oxygen atoms in total. The number of aromatic nitrogens is 5. The van der Waals surface area contributed by atoms with Crippen LogP contribution in [-0.2, 0) is 16.1 Å². The van der Waals surface area contributed by atoms with E-state index in [2.05, 4.69) is 16.5 Å². The van der Waals surface area contributed by atoms with Crippen molar-refractivity contribution in [2.45, 2.75) is 19.5 Å². The SMILES string of the molecule is C=CC(=O)N1Cc2cc(-c3nc(-c4ccc5nc[nH]c5c4)c4ccsc4c3-c3c(F)cc(F)cc3OCCOC)nn2[C@@H](C)C1. The number of hydrogen-bond acceptors (Lipinski definition) is 7. The Morgan fingerprint density at radius 3 is 2.84 bits per heavy atom. The Labute approximate surface area is 260 Å². The van der Waals surface area contributed by atoms with Crippen LogP contribution in [0.15, 0.2) is 66.8 Å². The van der Waals surface area contributed by atoms with Gasteiger partial charge in [-0.1, -0.05) is 12.6 Å². The summed E-state index contributed by atoms with van der Waals surface area (Å²) in [4.78, 5) is 26.9. The van der Waals surface area contributed by atoms with Gasteiger partial charge in [0.15, 0.2) is 0 Å². The molecule has 0 fully saturated rings. The normalized spacial score (nSPS) is 14.7. The summed E-state index contributed by atoms with van der Waals surface area (Å²) in [7, 11) is 1.53. The van der Waals surface area contributed by atoms with Crippen LogP contribution in [0.25, 0.3) is 54.9 Å². The second-order valence-corrected chi connectivity index (χ2v) is 11.7. The molecule has 1 aliphatic rings. The third kappa shape index (κ3) is 5.05. The van der Waals surface area contributed by atoms with Gasteiger partial charge in [0.25, 0.3) is 0 Å². The van der Waals surface area contributed by atoms with Crippen molar-refractivity contribution < 1.29 is 23.0 Å². The molecule has 0 aliphatic carbocycles. The van der Waals surface area contributed by atoms with Gasteiger partial charge in [-0.2, -0.15) is 5.10 Å². The Bertz CT molecular complexity index is 2100. The first-order chi connectivity index (χ1) is 21.9. The zero-order valence-corrected chi connectivity index (χ0v) is 25.3. The van der Waals surface area contributed by atoms with Gasteiger partial charge in [0, 0.05) is 47.0 Å². The first kappa shape index (κ1) is 28.8. The molecule has 45 heavy (non-hydrogen) atoms. The highest BCUT2D eigenvalue weighted by atomic mass is 32.1. The monoisotopic (exact) mass is 626 g/mol. The van der Waals surface area contributed by atoms with Crippen LogP contribution in [-0.4, -0.2) is 62.4 Å². The van der Waals surface area contributed by atoms with Gasteiger partial charge in [0.2, 0.25) is 5.91 Å². The number of nitrogens with zero attached hydrogens (tertiary/aromatic N) is 5. The molecule has 0 bridgehead atoms. The molecule has 228 valence electrons. The molecule has 7 rings (SSSR count). The van der Waals surface area contributed by atoms with E-state index in [9.17, 15) is 9.18 Å². The number of thiophene rings is 1. The summed E-state index contributed by atoms with van der Waals surface area (Å²) >= 11 is 1.43. The van der Waals surface area contributed by atoms with E-state index in [0.717, 1.165) is 38.4 Å². The van der Waals surface area contributed by atoms with Crippen LogP contribution >= 0.6 is 11.3 Å². The minimum atomic E-state index is -0.785. The Hall–Kier alpha value is -4.94. The first-order valence-corrected chi connectivity index (χ1v) is 15.2. The smallest absolute Gasteiger partial charge is 0.246 e. The molecule has 0 unspecified atom stereocenters. The molecule has 6 aromatic rings. The van der Waals surface area contributed by atoms with Gasteiger partial charge in [-0.3, -0.25) is 9.48 Å². The summed E-state index contributed by atoms with van der Waals surface area (Å²) in [5.74, 6) is -1.68. The Morgan fingerprint density at radius 1 is 1.16 bits per heavy atom. The highest BCUT2D eigenvalue weighted by Crippen LogP contribution is 2.47. The average molecular weight is 627 g/mol. The number of hydrogen-bond donors (Lipinski definition) is 1. The van der Waals surface area contributed by atoms with Crippen molar-refractivity contribution in [2.24, 2.45) is 0 Å². The highest BCUT2D eigenvalue weighted by molar-refractivity contribution is 7.18. The summed E-state index contributed by atoms with van der Waals surface area (Å²) in [5, 5.41) is 7.67. The number of ether oxygens (including phenoxy) is 2. The van der Waals surface area contributed by atoms with Crippen molar-refractivity contribution in [3.8, 4) is 39.5 Å². The predicted octanol–water partition coefficient (Wildman–Crippen LogP) is 6.76. The molecule has 1 N–H and O–H groups in total. The molecule has 1 amide bonds. The van der Waals surface area contributed by atoms with Crippen LogP contribution < -0.4 is 4.74 Å². The third-order valence-electron chi connectivity index (χ3n) is 7.91. The predicted molar refractivity (Wildman–Crippen MR) is 169 cm³/mol. The number of methoxy groups -OCH3 is 1. The van der Waals surface area contributed by atoms with E-state index in [-0.39, 0.29) is 36.5 Å². The van der Waals surface area contributed by atoms with Gasteiger partial charge in [0.05, 0.1) is 53.5 Å². The molecule has 0 spiro atoms. The van der Waals surface area contributed by atoms with Crippen LogP contribution in [0.1, 0.15) is 18.7 Å². The number of halogens is 2. The van der Waals surface area contributed by atoms with Crippen LogP contribution in [0, 0.1) is 11.6 Å². The van der Waals surface area contributed by atoms with Crippen LogP contribution in [0.3, 0.4) is 0 Å². The van der Waals surface area contributed by atoms with E-state index in [0.29, 0.717) is 35.7 Å². The molecule has 5 heterocycles. The van der Waals surface area contributed by atoms with E-state index in [1.54, 1.807) is 11.2 Å². The number of pyridine rings is 1. The second-order valence-electron chi connectivity index (χ2n) is 10.8. The van der Waals surface area contributed by atoms with Gasteiger partial charge in [0.1, 0.15) is 35.4 Å². The maximum atomic E-state index is 16.0. The number of rotatable bonds is 8. The van der Waals surface area contributed by atoms with Crippen molar-refractivity contribution in [1.29, 1.82) is 0 Å². The molecule has 0 saturated heterocycles. The van der Waals surface area contributed by atoms with Gasteiger partial charge >= 0.3 is 0 Å². The first-order valence-electron chi connectivity index (χ1n) is 14.3. The number of nitrogens with one attached hydrogen (secondary N) is 1. The van der Waals surface area contributed by atoms with E-state index in [4.69, 9.17) is 19.6 Å². The lowest BCUT2D eigenvalue weighted by atomic mass is 9.96. The van der Waals surface area contributed by atoms with Gasteiger partial charge in [-0.05, 0) is 42.6 Å². The Balaban J connectivity index is 1.50. The standard InChI is InChI=1S/C33H28F2N6O3S/c1-4-28(42)40-15-18(2)41-21(16-40)14-26(39-41)32-30(29-23(35)12-20(34)13-27(29)44-9-8-43-3)33-22(7-10-45-33)31(38-32)19-5-6-24-25(11-19)37-17-36-24/h4-7,10-14,17-18H,1,8-9,15-16H2,2-3H3,(H,36,37)/t18-/m0/s1. The number of amides is 1. The van der Waals surface area contributed by atoms with Crippen LogP contribution in [0.2, 0.25) is 0 Å². The van der Waals surface area contributed by atoms with Gasteiger partial charge in [-0.25, -0.2) is 18.7 Å². The van der Waals surface area contributed by atoms with E-state index < -0.39 is 11.6 Å². The summed E-state index contributed by atoms with van der Waals surface area (Å²) in [5.41, 5.74) is 5.40. The second kappa shape index (κ2) is 11.5. The highest BCUT2D eigenvalue weighted by Gasteiger charge is 2.30. The number of aromatic amines is 1. The fourth-order valence-corrected chi connectivity index (χ4v) is 6.84. The number of H-pyrrole nitrogens is 1. The van der Waals surface area contributed by atoms with E-state index in [1.807, 2.05) is 47.3 Å². The maximum absolute atomic E-state index is 16.0. The Morgan fingerprint density at radius 2 is 2.02 bits per heavy atom. The largest absolute Gasteiger partial charge is 0.490 e. The number of carbonyl (C=O) groups is 1. The summed E-state index contributed by atoms with van der Waals surface area (Å²) in [6.07, 6.45) is 2.94. The van der Waals surface area contributed by atoms with Crippen LogP contribution in [0.5, 0.6) is 5.75 Å². The molecule has 0 saturated carbocycles. The fraction of sp³-hybridized carbons (Fsp3) is 0.212. The summed E-state index contributed by atoms with van der Waals surface area (Å²) in [6, 6.07) is 11.6. The summed E-state index contributed by atoms with van der Waals surface area (Å²) in [6.45, 7) is 6.73. The molecule has 2 aromatic carbocycles. The number of fused-ring (bicyclic) bond motifs is 3. The van der Waals surface area contributed by atoms with Crippen molar-refractivity contribution in [3.05, 3.63) is 84.2 Å². The van der Waals surface area contributed by atoms with Gasteiger partial charge < -0.3 is 19.4 Å². The van der Waals surface area contributed by atoms with E-state index in [1.165, 1.54) is 30.6 Å². The topological polar surface area (TPSA) is 98.2 Å². The zero-order chi connectivity index (χ0) is 31.2. The third-order valence-corrected chi connectivity index (χ3v) is 8.84. The Kier molecular flexibility index (Phi) is 7.38. The molecule has 1 aliphatic heterocycles. The quantitative estimate of drug-likeness (QED) is 0.148. The van der Waals surface area contributed by atoms with Crippen molar-refractivity contribution in [1.82, 2.24) is 29.6 Å². The van der Waals surface area contributed by atoms with Crippen LogP contribution in [0.4, 0.5) is 8.78 Å². The lowest BCUT2D eigenvalue weighted by Crippen LogP contribution is -2.39. The molecular formula is C33H28F2N6O3S. The molecule has 0 radical (unpaired) electrons. The number of carbonyl (C=O) groups excluding carboxylic acids is 1. The lowest BCUT2D eigenvalue weighted by Gasteiger charge is -2.31. The van der Waals surface area contributed by atoms with Crippen molar-refractivity contribution in [3.63, 3.8) is 0 Å². The minimum absolute atomic E-state index is 0.0361. The number of benzene rings is 2. The van der Waals surface area contributed by atoms with E-state index >= 15 is 4.39 Å². The van der Waals surface area contributed by atoms with Crippen molar-refractivity contribution in [2.75, 3.05) is 26.9 Å². The number of imidazole rings is 1. The lowest BCUT2D eigenvalue weighted by molar-refractivity contribution is -0.127. The average Bonchev–Trinajstić information content (AvgIpc) is 3.80. The molecule has 1 atom stereocenters. The zero-order valence-electron chi connectivity index (χ0n) is 24.5. The fourth-order valence-electron chi connectivity index (χ4n) is 5.89. The molecular weight excluding hydrogens is 598 g/mol. The maximum Gasteiger partial charge on any atom is 0.246 e. The molecule has 4 aromatic heterocycles. The van der Waals surface area contributed by atoms with Gasteiger partial charge in [-0.15, -0.1) is 11.3 Å². The summed E-state index contributed by atoms with van der Waals surface area (Å²) < 4.78 is 44.2. The van der Waals surface area contributed by atoms with Crippen molar-refractivity contribution >= 4 is 38.4 Å². The molecule has 12 heteroatoms. The minimum Gasteiger partial charge on any atom is -0.490 e.